The van der Waals surface area contributed by atoms with Gasteiger partial charge in [-0.3, -0.25) is 28.8 Å². The average molecular weight is 535 g/mol. The fraction of sp³-hybridized carbons (Fsp3) is 0.464. The molecule has 3 aliphatic rings. The minimum Gasteiger partial charge on any atom is -0.380 e. The van der Waals surface area contributed by atoms with Crippen LogP contribution in [0.4, 0.5) is 5.69 Å². The maximum atomic E-state index is 13.3. The van der Waals surface area contributed by atoms with Crippen molar-refractivity contribution in [1.82, 2.24) is 24.9 Å². The number of allylic oxidation sites excluding steroid dienone is 1. The number of rotatable bonds is 8. The van der Waals surface area contributed by atoms with E-state index in [-0.39, 0.29) is 41.7 Å². The Kier molecular flexibility index (Phi) is 7.51. The average Bonchev–Trinajstić information content (AvgIpc) is 3.49. The topological polar surface area (TPSA) is 126 Å². The van der Waals surface area contributed by atoms with Crippen LogP contribution in [0.3, 0.4) is 0 Å². The molecule has 0 radical (unpaired) electrons. The van der Waals surface area contributed by atoms with Crippen LogP contribution in [0.25, 0.3) is 0 Å². The molecule has 5 rings (SSSR count). The van der Waals surface area contributed by atoms with Crippen LogP contribution in [0.15, 0.2) is 42.9 Å². The standard InChI is InChI=1S/C28H34N6O5/c1-17(2)39-16-24(35)32-11-9-20(10-12-32)33-15-19(14-30-33)13-29-22-6-4-5-21-25(22)28(38)34(27(21)37)23-8-7-18(3)31-26(23)36/h4-6,14-15,17,20,23,29H,3,7-13,16H2,1-2H3,(H,31,36). The zero-order valence-corrected chi connectivity index (χ0v) is 22.3. The summed E-state index contributed by atoms with van der Waals surface area (Å²) < 4.78 is 7.38. The molecule has 0 aliphatic carbocycles. The highest BCUT2D eigenvalue weighted by atomic mass is 16.5. The maximum absolute atomic E-state index is 13.3. The van der Waals surface area contributed by atoms with Crippen molar-refractivity contribution in [1.29, 1.82) is 0 Å². The minimum atomic E-state index is -0.849. The van der Waals surface area contributed by atoms with E-state index in [1.165, 1.54) is 0 Å². The first-order valence-corrected chi connectivity index (χ1v) is 13.4. The van der Waals surface area contributed by atoms with E-state index >= 15 is 0 Å². The number of likely N-dealkylation sites (tertiary alicyclic amines) is 1. The van der Waals surface area contributed by atoms with Gasteiger partial charge in [-0.2, -0.15) is 5.10 Å². The van der Waals surface area contributed by atoms with Crippen LogP contribution in [0.1, 0.15) is 71.9 Å². The smallest absolute Gasteiger partial charge is 0.264 e. The van der Waals surface area contributed by atoms with Gasteiger partial charge in [0.1, 0.15) is 12.6 Å². The highest BCUT2D eigenvalue weighted by Crippen LogP contribution is 2.33. The van der Waals surface area contributed by atoms with Crippen LogP contribution in [0.2, 0.25) is 0 Å². The number of carbonyl (C=O) groups excluding carboxylic acids is 4. The molecule has 0 spiro atoms. The number of imide groups is 1. The normalized spacial score (nSPS) is 20.0. The monoisotopic (exact) mass is 534 g/mol. The van der Waals surface area contributed by atoms with Crippen LogP contribution in [0, 0.1) is 0 Å². The van der Waals surface area contributed by atoms with Crippen LogP contribution in [-0.2, 0) is 20.9 Å². The van der Waals surface area contributed by atoms with Gasteiger partial charge in [0.05, 0.1) is 29.5 Å². The summed E-state index contributed by atoms with van der Waals surface area (Å²) in [7, 11) is 0. The fourth-order valence-corrected chi connectivity index (χ4v) is 5.32. The minimum absolute atomic E-state index is 0.0177. The summed E-state index contributed by atoms with van der Waals surface area (Å²) in [5.74, 6) is -1.30. The second-order valence-electron chi connectivity index (χ2n) is 10.5. The van der Waals surface area contributed by atoms with Gasteiger partial charge >= 0.3 is 0 Å². The molecule has 39 heavy (non-hydrogen) atoms. The van der Waals surface area contributed by atoms with Crippen LogP contribution >= 0.6 is 0 Å². The predicted octanol–water partition coefficient (Wildman–Crippen LogP) is 2.47. The molecule has 206 valence electrons. The van der Waals surface area contributed by atoms with Crippen LogP contribution in [-0.4, -0.2) is 75.1 Å². The Balaban J connectivity index is 1.20. The lowest BCUT2D eigenvalue weighted by Crippen LogP contribution is -2.51. The Morgan fingerprint density at radius 1 is 1.18 bits per heavy atom. The van der Waals surface area contributed by atoms with Gasteiger partial charge in [0.2, 0.25) is 11.8 Å². The summed E-state index contributed by atoms with van der Waals surface area (Å²) in [4.78, 5) is 54.2. The first kappa shape index (κ1) is 26.6. The Bertz CT molecular complexity index is 1310. The van der Waals surface area contributed by atoms with Gasteiger partial charge in [-0.1, -0.05) is 12.6 Å². The number of aromatic nitrogens is 2. The predicted molar refractivity (Wildman–Crippen MR) is 143 cm³/mol. The number of anilines is 1. The number of fused-ring (bicyclic) bond motifs is 1. The first-order valence-electron chi connectivity index (χ1n) is 13.4. The summed E-state index contributed by atoms with van der Waals surface area (Å²) in [6, 6.07) is 4.45. The lowest BCUT2D eigenvalue weighted by molar-refractivity contribution is -0.138. The van der Waals surface area contributed by atoms with Crippen molar-refractivity contribution in [2.45, 2.75) is 64.3 Å². The third-order valence-electron chi connectivity index (χ3n) is 7.45. The van der Waals surface area contributed by atoms with Crippen molar-refractivity contribution in [2.24, 2.45) is 0 Å². The van der Waals surface area contributed by atoms with Gasteiger partial charge in [-0.05, 0) is 51.7 Å². The van der Waals surface area contributed by atoms with E-state index in [4.69, 9.17) is 4.74 Å². The molecule has 11 nitrogen and oxygen atoms in total. The molecule has 4 amide bonds. The third kappa shape index (κ3) is 5.44. The zero-order chi connectivity index (χ0) is 27.7. The SMILES string of the molecule is C=C1CCC(N2C(=O)c3cccc(NCc4cnn(C5CCN(C(=O)COC(C)C)CC5)c4)c3C2=O)C(=O)N1. The number of benzene rings is 1. The molecule has 4 heterocycles. The Morgan fingerprint density at radius 2 is 1.95 bits per heavy atom. The van der Waals surface area contributed by atoms with Crippen LogP contribution in [0.5, 0.6) is 0 Å². The van der Waals surface area contributed by atoms with Crippen molar-refractivity contribution in [3.05, 3.63) is 59.6 Å². The van der Waals surface area contributed by atoms with Gasteiger partial charge in [-0.25, -0.2) is 0 Å². The molecule has 2 N–H and O–H groups in total. The van der Waals surface area contributed by atoms with E-state index < -0.39 is 17.9 Å². The number of nitrogens with zero attached hydrogens (tertiary/aromatic N) is 4. The van der Waals surface area contributed by atoms with Crippen molar-refractivity contribution in [3.63, 3.8) is 0 Å². The lowest BCUT2D eigenvalue weighted by Gasteiger charge is -2.32. The second-order valence-corrected chi connectivity index (χ2v) is 10.5. The number of nitrogens with one attached hydrogen (secondary N) is 2. The fourth-order valence-electron chi connectivity index (χ4n) is 5.32. The molecule has 0 bridgehead atoms. The quantitative estimate of drug-likeness (QED) is 0.499. The molecular weight excluding hydrogens is 500 g/mol. The molecule has 2 aromatic rings. The van der Waals surface area contributed by atoms with Crippen LogP contribution < -0.4 is 10.6 Å². The number of amides is 4. The third-order valence-corrected chi connectivity index (χ3v) is 7.45. The Hall–Kier alpha value is -3.99. The highest BCUT2D eigenvalue weighted by Gasteiger charge is 2.45. The van der Waals surface area contributed by atoms with E-state index in [2.05, 4.69) is 22.3 Å². The molecule has 1 aromatic heterocycles. The van der Waals surface area contributed by atoms with E-state index in [9.17, 15) is 19.2 Å². The molecule has 0 saturated carbocycles. The molecule has 1 unspecified atom stereocenters. The Morgan fingerprint density at radius 3 is 2.67 bits per heavy atom. The zero-order valence-electron chi connectivity index (χ0n) is 22.3. The summed E-state index contributed by atoms with van der Waals surface area (Å²) >= 11 is 0. The van der Waals surface area contributed by atoms with E-state index in [0.717, 1.165) is 23.3 Å². The number of ether oxygens (including phenoxy) is 1. The number of piperidine rings is 2. The van der Waals surface area contributed by atoms with Crippen molar-refractivity contribution < 1.29 is 23.9 Å². The van der Waals surface area contributed by atoms with Gasteiger partial charge < -0.3 is 20.3 Å². The molecule has 3 aliphatic heterocycles. The summed E-state index contributed by atoms with van der Waals surface area (Å²) in [6.07, 6.45) is 6.26. The summed E-state index contributed by atoms with van der Waals surface area (Å²) in [6.45, 7) is 9.43. The molecule has 2 saturated heterocycles. The molecule has 11 heteroatoms. The van der Waals surface area contributed by atoms with E-state index in [1.54, 1.807) is 24.4 Å². The molecule has 1 atom stereocenters. The maximum Gasteiger partial charge on any atom is 0.264 e. The van der Waals surface area contributed by atoms with Gasteiger partial charge in [0.25, 0.3) is 11.8 Å². The summed E-state index contributed by atoms with van der Waals surface area (Å²) in [5.41, 5.74) is 2.63. The van der Waals surface area contributed by atoms with Gasteiger partial charge in [0.15, 0.2) is 0 Å². The second kappa shape index (κ2) is 11.0. The van der Waals surface area contributed by atoms with E-state index in [1.807, 2.05) is 29.6 Å². The van der Waals surface area contributed by atoms with E-state index in [0.29, 0.717) is 43.9 Å². The van der Waals surface area contributed by atoms with Crippen molar-refractivity contribution >= 4 is 29.3 Å². The first-order chi connectivity index (χ1) is 18.7. The molecular formula is C28H34N6O5. The van der Waals surface area contributed by atoms with Crippen molar-refractivity contribution in [3.8, 4) is 0 Å². The highest BCUT2D eigenvalue weighted by molar-refractivity contribution is 6.25. The van der Waals surface area contributed by atoms with Gasteiger partial charge in [0, 0.05) is 42.8 Å². The molecule has 2 fully saturated rings. The summed E-state index contributed by atoms with van der Waals surface area (Å²) in [5, 5.41) is 10.5. The lowest BCUT2D eigenvalue weighted by atomic mass is 10.0. The van der Waals surface area contributed by atoms with Crippen molar-refractivity contribution in [2.75, 3.05) is 25.0 Å². The number of hydrogen-bond donors (Lipinski definition) is 2. The van der Waals surface area contributed by atoms with Gasteiger partial charge in [-0.15, -0.1) is 0 Å². The largest absolute Gasteiger partial charge is 0.380 e. The molecule has 1 aromatic carbocycles. The number of carbonyl (C=O) groups is 4. The Labute approximate surface area is 227 Å². The number of hydrogen-bond acceptors (Lipinski definition) is 7.